The maximum atomic E-state index is 13.6. The van der Waals surface area contributed by atoms with Gasteiger partial charge in [0.1, 0.15) is 0 Å². The Morgan fingerprint density at radius 1 is 1.00 bits per heavy atom. The number of fused-ring (bicyclic) bond motifs is 2. The molecule has 7 nitrogen and oxygen atoms in total. The van der Waals surface area contributed by atoms with Crippen LogP contribution >= 0.6 is 0 Å². The monoisotopic (exact) mass is 541 g/mol. The zero-order chi connectivity index (χ0) is 26.8. The third kappa shape index (κ3) is 4.54. The number of nitrogens with zero attached hydrogens (tertiary/aromatic N) is 1. The lowest BCUT2D eigenvalue weighted by molar-refractivity contribution is -0.286. The van der Waals surface area contributed by atoms with Crippen LogP contribution in [0.2, 0.25) is 0 Å². The smallest absolute Gasteiger partial charge is 0.481 e. The number of carboxylic acid groups (broad SMARTS) is 1. The molecule has 0 bridgehead atoms. The quantitative estimate of drug-likeness (QED) is 0.442. The highest BCUT2D eigenvalue weighted by atomic mass is 32.2. The molecule has 3 aromatic carbocycles. The fraction of sp³-hybridized carbons (Fsp3) is 0.208. The van der Waals surface area contributed by atoms with Crippen molar-refractivity contribution in [2.24, 2.45) is 0 Å². The van der Waals surface area contributed by atoms with E-state index in [1.54, 1.807) is 12.1 Å². The van der Waals surface area contributed by atoms with Crippen LogP contribution in [0.4, 0.5) is 27.6 Å². The minimum Gasteiger partial charge on any atom is -0.481 e. The zero-order valence-electron chi connectivity index (χ0n) is 18.5. The first-order valence-corrected chi connectivity index (χ1v) is 12.2. The van der Waals surface area contributed by atoms with Crippen molar-refractivity contribution in [2.45, 2.75) is 36.2 Å². The van der Waals surface area contributed by atoms with Crippen molar-refractivity contribution < 1.29 is 49.7 Å². The number of ether oxygens (including phenoxy) is 2. The summed E-state index contributed by atoms with van der Waals surface area (Å²) in [5.41, 5.74) is 0.0946. The summed E-state index contributed by atoms with van der Waals surface area (Å²) in [5, 5.41) is 9.37. The molecule has 1 unspecified atom stereocenters. The molecule has 0 spiro atoms. The van der Waals surface area contributed by atoms with Gasteiger partial charge in [-0.2, -0.15) is 13.2 Å². The van der Waals surface area contributed by atoms with Crippen LogP contribution in [0.1, 0.15) is 17.5 Å². The van der Waals surface area contributed by atoms with Gasteiger partial charge in [0.05, 0.1) is 28.6 Å². The molecule has 13 heteroatoms. The summed E-state index contributed by atoms with van der Waals surface area (Å²) in [6.07, 6.45) is -9.22. The van der Waals surface area contributed by atoms with E-state index in [0.717, 1.165) is 22.5 Å². The lowest BCUT2D eigenvalue weighted by Gasteiger charge is -2.26. The molecule has 0 radical (unpaired) electrons. The lowest BCUT2D eigenvalue weighted by Crippen LogP contribution is -2.39. The molecule has 3 aromatic rings. The molecule has 0 saturated heterocycles. The van der Waals surface area contributed by atoms with E-state index >= 15 is 0 Å². The summed E-state index contributed by atoms with van der Waals surface area (Å²) < 4.78 is 103. The molecule has 37 heavy (non-hydrogen) atoms. The first-order chi connectivity index (χ1) is 17.2. The second-order valence-electron chi connectivity index (χ2n) is 8.45. The molecule has 5 rings (SSSR count). The number of carbonyl (C=O) groups is 1. The van der Waals surface area contributed by atoms with Crippen LogP contribution in [0.3, 0.4) is 0 Å². The molecule has 194 valence electrons. The molecule has 0 fully saturated rings. The van der Waals surface area contributed by atoms with E-state index in [1.807, 2.05) is 0 Å². The first-order valence-electron chi connectivity index (χ1n) is 10.7. The number of sulfonamides is 1. The number of hydrogen-bond donors (Lipinski definition) is 1. The van der Waals surface area contributed by atoms with E-state index in [9.17, 15) is 40.3 Å². The Bertz CT molecular complexity index is 1520. The summed E-state index contributed by atoms with van der Waals surface area (Å²) in [6.45, 7) is 0. The van der Waals surface area contributed by atoms with Gasteiger partial charge in [0.2, 0.25) is 0 Å². The van der Waals surface area contributed by atoms with Gasteiger partial charge in [0.25, 0.3) is 10.0 Å². The van der Waals surface area contributed by atoms with Crippen molar-refractivity contribution in [1.29, 1.82) is 0 Å². The Hall–Kier alpha value is -3.87. The molecule has 1 atom stereocenters. The minimum absolute atomic E-state index is 0.00741. The fourth-order valence-electron chi connectivity index (χ4n) is 4.41. The van der Waals surface area contributed by atoms with Crippen molar-refractivity contribution in [3.63, 3.8) is 0 Å². The van der Waals surface area contributed by atoms with Gasteiger partial charge in [-0.15, -0.1) is 8.78 Å². The number of hydrogen-bond acceptors (Lipinski definition) is 5. The van der Waals surface area contributed by atoms with Crippen LogP contribution in [0.25, 0.3) is 11.1 Å². The number of rotatable bonds is 5. The van der Waals surface area contributed by atoms with Gasteiger partial charge in [-0.05, 0) is 59.5 Å². The van der Waals surface area contributed by atoms with E-state index in [-0.39, 0.29) is 23.6 Å². The van der Waals surface area contributed by atoms with Gasteiger partial charge in [-0.3, -0.25) is 9.10 Å². The van der Waals surface area contributed by atoms with Crippen molar-refractivity contribution in [3.05, 3.63) is 71.8 Å². The second kappa shape index (κ2) is 8.33. The number of aliphatic carboxylic acids is 1. The third-order valence-electron chi connectivity index (χ3n) is 5.97. The topological polar surface area (TPSA) is 93.1 Å². The Balaban J connectivity index is 1.59. The van der Waals surface area contributed by atoms with Gasteiger partial charge >= 0.3 is 18.4 Å². The third-order valence-corrected chi connectivity index (χ3v) is 7.84. The Labute approximate surface area is 206 Å². The predicted molar refractivity (Wildman–Crippen MR) is 119 cm³/mol. The number of anilines is 1. The summed E-state index contributed by atoms with van der Waals surface area (Å²) in [5.74, 6) is -1.72. The molecular weight excluding hydrogens is 525 g/mol. The molecular formula is C24H16F5NO6S. The van der Waals surface area contributed by atoms with E-state index < -0.39 is 51.4 Å². The number of benzene rings is 3. The number of alkyl halides is 5. The van der Waals surface area contributed by atoms with E-state index in [4.69, 9.17) is 0 Å². The molecule has 2 heterocycles. The highest BCUT2D eigenvalue weighted by Crippen LogP contribution is 2.45. The van der Waals surface area contributed by atoms with Crippen molar-refractivity contribution in [2.75, 3.05) is 4.31 Å². The summed E-state index contributed by atoms with van der Waals surface area (Å²) in [7, 11) is -4.63. The maximum absolute atomic E-state index is 13.6. The largest absolute Gasteiger partial charge is 0.586 e. The lowest BCUT2D eigenvalue weighted by atomic mass is 10.0. The van der Waals surface area contributed by atoms with E-state index in [1.165, 1.54) is 24.3 Å². The molecule has 0 saturated carbocycles. The average Bonchev–Trinajstić information content (AvgIpc) is 3.32. The summed E-state index contributed by atoms with van der Waals surface area (Å²) in [6, 6.07) is 10.6. The summed E-state index contributed by atoms with van der Waals surface area (Å²) >= 11 is 0. The van der Waals surface area contributed by atoms with Crippen LogP contribution in [-0.2, 0) is 27.4 Å². The van der Waals surface area contributed by atoms with Gasteiger partial charge in [0, 0.05) is 0 Å². The van der Waals surface area contributed by atoms with Gasteiger partial charge < -0.3 is 14.6 Å². The van der Waals surface area contributed by atoms with E-state index in [0.29, 0.717) is 22.8 Å². The second-order valence-corrected chi connectivity index (χ2v) is 10.3. The van der Waals surface area contributed by atoms with Crippen LogP contribution in [0.15, 0.2) is 65.6 Å². The van der Waals surface area contributed by atoms with Crippen LogP contribution in [-0.4, -0.2) is 31.8 Å². The molecule has 0 aromatic heterocycles. The van der Waals surface area contributed by atoms with Crippen LogP contribution < -0.4 is 13.8 Å². The van der Waals surface area contributed by atoms with E-state index in [2.05, 4.69) is 9.47 Å². The highest BCUT2D eigenvalue weighted by molar-refractivity contribution is 7.92. The maximum Gasteiger partial charge on any atom is 0.586 e. The normalized spacial score (nSPS) is 18.1. The SMILES string of the molecule is O=C(O)CC1Cc2ccc(-c3ccc4c(c3)OC(F)(F)O4)cc2N1S(=O)(=O)c1cccc(C(F)(F)F)c1. The summed E-state index contributed by atoms with van der Waals surface area (Å²) in [4.78, 5) is 10.8. The van der Waals surface area contributed by atoms with Crippen molar-refractivity contribution in [3.8, 4) is 22.6 Å². The Kier molecular flexibility index (Phi) is 5.59. The minimum atomic E-state index is -4.79. The number of carboxylic acids is 1. The fourth-order valence-corrected chi connectivity index (χ4v) is 6.14. The highest BCUT2D eigenvalue weighted by Gasteiger charge is 2.44. The molecule has 2 aliphatic rings. The van der Waals surface area contributed by atoms with Crippen LogP contribution in [0, 0.1) is 0 Å². The van der Waals surface area contributed by atoms with Gasteiger partial charge in [-0.1, -0.05) is 24.3 Å². The van der Waals surface area contributed by atoms with Crippen molar-refractivity contribution in [1.82, 2.24) is 0 Å². The van der Waals surface area contributed by atoms with Crippen LogP contribution in [0.5, 0.6) is 11.5 Å². The average molecular weight is 541 g/mol. The first kappa shape index (κ1) is 24.8. The van der Waals surface area contributed by atoms with Crippen molar-refractivity contribution >= 4 is 21.7 Å². The van der Waals surface area contributed by atoms with Gasteiger partial charge in [-0.25, -0.2) is 8.42 Å². The molecule has 1 N–H and O–H groups in total. The van der Waals surface area contributed by atoms with Gasteiger partial charge in [0.15, 0.2) is 11.5 Å². The number of halogens is 5. The molecule has 2 aliphatic heterocycles. The zero-order valence-corrected chi connectivity index (χ0v) is 19.3. The molecule has 0 amide bonds. The Morgan fingerprint density at radius 3 is 2.38 bits per heavy atom. The molecule has 0 aliphatic carbocycles. The Morgan fingerprint density at radius 2 is 1.68 bits per heavy atom. The standard InChI is InChI=1S/C24H16F5NO6S/c25-23(26,27)16-2-1-3-18(11-16)37(33,34)30-17(12-22(31)32)8-15-5-4-13(9-19(15)30)14-6-7-20-21(10-14)36-24(28,29)35-20/h1-7,9-11,17H,8,12H2,(H,31,32). The predicted octanol–water partition coefficient (Wildman–Crippen LogP) is 5.29.